The standard InChI is InChI=1S/C14H15N3O2/c1-2-11(10-6-4-3-5-7-10)17-13-9-15-12(8-16-13)14(18)19/h3-9,11H,2H2,1H3,(H,16,17)(H,18,19). The monoisotopic (exact) mass is 257 g/mol. The highest BCUT2D eigenvalue weighted by Gasteiger charge is 2.10. The zero-order chi connectivity index (χ0) is 13.7. The summed E-state index contributed by atoms with van der Waals surface area (Å²) in [6.45, 7) is 2.07. The maximum Gasteiger partial charge on any atom is 0.356 e. The Kier molecular flexibility index (Phi) is 4.07. The lowest BCUT2D eigenvalue weighted by molar-refractivity contribution is 0.0690. The summed E-state index contributed by atoms with van der Waals surface area (Å²) < 4.78 is 0. The number of carbonyl (C=O) groups is 1. The number of carboxylic acid groups (broad SMARTS) is 1. The van der Waals surface area contributed by atoms with E-state index in [2.05, 4.69) is 22.2 Å². The van der Waals surface area contributed by atoms with Crippen LogP contribution in [0.25, 0.3) is 0 Å². The molecule has 2 N–H and O–H groups in total. The predicted molar refractivity (Wildman–Crippen MR) is 72.1 cm³/mol. The van der Waals surface area contributed by atoms with Gasteiger partial charge < -0.3 is 10.4 Å². The highest BCUT2D eigenvalue weighted by molar-refractivity contribution is 5.84. The van der Waals surface area contributed by atoms with Crippen LogP contribution in [0, 0.1) is 0 Å². The quantitative estimate of drug-likeness (QED) is 0.861. The molecule has 5 nitrogen and oxygen atoms in total. The molecule has 1 heterocycles. The number of hydrogen-bond acceptors (Lipinski definition) is 4. The van der Waals surface area contributed by atoms with Crippen LogP contribution >= 0.6 is 0 Å². The van der Waals surface area contributed by atoms with Crippen molar-refractivity contribution >= 4 is 11.8 Å². The van der Waals surface area contributed by atoms with Gasteiger partial charge in [-0.3, -0.25) is 0 Å². The second-order valence-corrected chi connectivity index (χ2v) is 4.11. The molecule has 0 saturated carbocycles. The molecular formula is C14H15N3O2. The molecule has 0 radical (unpaired) electrons. The highest BCUT2D eigenvalue weighted by Crippen LogP contribution is 2.20. The number of rotatable bonds is 5. The zero-order valence-electron chi connectivity index (χ0n) is 10.6. The first-order valence-electron chi connectivity index (χ1n) is 6.07. The fraction of sp³-hybridized carbons (Fsp3) is 0.214. The third-order valence-corrected chi connectivity index (χ3v) is 2.80. The van der Waals surface area contributed by atoms with E-state index in [0.717, 1.165) is 12.0 Å². The van der Waals surface area contributed by atoms with Crippen LogP contribution in [0.3, 0.4) is 0 Å². The van der Waals surface area contributed by atoms with E-state index in [4.69, 9.17) is 5.11 Å². The van der Waals surface area contributed by atoms with Crippen molar-refractivity contribution < 1.29 is 9.90 Å². The lowest BCUT2D eigenvalue weighted by Gasteiger charge is -2.17. The van der Waals surface area contributed by atoms with Crippen molar-refractivity contribution in [1.29, 1.82) is 0 Å². The fourth-order valence-corrected chi connectivity index (χ4v) is 1.80. The van der Waals surface area contributed by atoms with Gasteiger partial charge in [-0.25, -0.2) is 14.8 Å². The van der Waals surface area contributed by atoms with Crippen molar-refractivity contribution in [3.63, 3.8) is 0 Å². The van der Waals surface area contributed by atoms with E-state index in [-0.39, 0.29) is 11.7 Å². The van der Waals surface area contributed by atoms with Gasteiger partial charge in [0.05, 0.1) is 18.4 Å². The molecule has 0 fully saturated rings. The summed E-state index contributed by atoms with van der Waals surface area (Å²) >= 11 is 0. The van der Waals surface area contributed by atoms with Crippen LogP contribution in [0.2, 0.25) is 0 Å². The van der Waals surface area contributed by atoms with Crippen molar-refractivity contribution in [3.8, 4) is 0 Å². The molecule has 0 spiro atoms. The van der Waals surface area contributed by atoms with E-state index in [0.29, 0.717) is 5.82 Å². The van der Waals surface area contributed by atoms with E-state index < -0.39 is 5.97 Å². The summed E-state index contributed by atoms with van der Waals surface area (Å²) in [7, 11) is 0. The normalized spacial score (nSPS) is 11.8. The minimum absolute atomic E-state index is 0.0571. The van der Waals surface area contributed by atoms with Gasteiger partial charge in [0.15, 0.2) is 5.69 Å². The van der Waals surface area contributed by atoms with Crippen molar-refractivity contribution in [2.45, 2.75) is 19.4 Å². The average molecular weight is 257 g/mol. The molecule has 0 aliphatic heterocycles. The Morgan fingerprint density at radius 1 is 1.26 bits per heavy atom. The Labute approximate surface area is 111 Å². The van der Waals surface area contributed by atoms with Gasteiger partial charge in [0, 0.05) is 0 Å². The van der Waals surface area contributed by atoms with Crippen LogP contribution in [0.1, 0.15) is 35.4 Å². The molecule has 19 heavy (non-hydrogen) atoms. The molecule has 0 aliphatic rings. The van der Waals surface area contributed by atoms with E-state index >= 15 is 0 Å². The molecule has 0 bridgehead atoms. The SMILES string of the molecule is CCC(Nc1cnc(C(=O)O)cn1)c1ccccc1. The highest BCUT2D eigenvalue weighted by atomic mass is 16.4. The second-order valence-electron chi connectivity index (χ2n) is 4.11. The number of aromatic nitrogens is 2. The van der Waals surface area contributed by atoms with Crippen LogP contribution in [-0.2, 0) is 0 Å². The Morgan fingerprint density at radius 2 is 2.00 bits per heavy atom. The van der Waals surface area contributed by atoms with Gasteiger partial charge in [-0.05, 0) is 12.0 Å². The molecule has 1 aromatic carbocycles. The predicted octanol–water partition coefficient (Wildman–Crippen LogP) is 2.74. The van der Waals surface area contributed by atoms with Gasteiger partial charge in [0.25, 0.3) is 0 Å². The van der Waals surface area contributed by atoms with Gasteiger partial charge >= 0.3 is 5.97 Å². The zero-order valence-corrected chi connectivity index (χ0v) is 10.6. The lowest BCUT2D eigenvalue weighted by atomic mass is 10.1. The topological polar surface area (TPSA) is 75.1 Å². The Balaban J connectivity index is 2.12. The fourth-order valence-electron chi connectivity index (χ4n) is 1.80. The molecule has 5 heteroatoms. The van der Waals surface area contributed by atoms with Crippen LogP contribution in [0.15, 0.2) is 42.7 Å². The van der Waals surface area contributed by atoms with Crippen LogP contribution in [0.5, 0.6) is 0 Å². The minimum atomic E-state index is -1.07. The molecular weight excluding hydrogens is 242 g/mol. The minimum Gasteiger partial charge on any atom is -0.476 e. The summed E-state index contributed by atoms with van der Waals surface area (Å²) in [6, 6.07) is 10.2. The first-order chi connectivity index (χ1) is 9.20. The molecule has 1 aromatic heterocycles. The molecule has 0 saturated heterocycles. The van der Waals surface area contributed by atoms with Crippen molar-refractivity contribution in [1.82, 2.24) is 9.97 Å². The largest absolute Gasteiger partial charge is 0.476 e. The Morgan fingerprint density at radius 3 is 2.53 bits per heavy atom. The third kappa shape index (κ3) is 3.28. The van der Waals surface area contributed by atoms with Crippen molar-refractivity contribution in [2.75, 3.05) is 5.32 Å². The first kappa shape index (κ1) is 13.0. The lowest BCUT2D eigenvalue weighted by Crippen LogP contribution is -2.11. The Bertz CT molecular complexity index is 540. The summed E-state index contributed by atoms with van der Waals surface area (Å²) in [5.41, 5.74) is 1.10. The summed E-state index contributed by atoms with van der Waals surface area (Å²) in [5, 5.41) is 12.0. The molecule has 0 aliphatic carbocycles. The molecule has 2 rings (SSSR count). The summed E-state index contributed by atoms with van der Waals surface area (Å²) in [4.78, 5) is 18.6. The van der Waals surface area contributed by atoms with E-state index in [9.17, 15) is 4.79 Å². The van der Waals surface area contributed by atoms with Gasteiger partial charge in [-0.15, -0.1) is 0 Å². The van der Waals surface area contributed by atoms with Crippen LogP contribution < -0.4 is 5.32 Å². The van der Waals surface area contributed by atoms with Gasteiger partial charge in [0.1, 0.15) is 5.82 Å². The molecule has 0 amide bonds. The Hall–Kier alpha value is -2.43. The van der Waals surface area contributed by atoms with E-state index in [1.54, 1.807) is 0 Å². The molecule has 2 aromatic rings. The second kappa shape index (κ2) is 5.95. The average Bonchev–Trinajstić information content (AvgIpc) is 2.46. The third-order valence-electron chi connectivity index (χ3n) is 2.80. The number of anilines is 1. The van der Waals surface area contributed by atoms with Crippen LogP contribution in [0.4, 0.5) is 5.82 Å². The maximum absolute atomic E-state index is 10.7. The van der Waals surface area contributed by atoms with Gasteiger partial charge in [-0.1, -0.05) is 37.3 Å². The number of hydrogen-bond donors (Lipinski definition) is 2. The van der Waals surface area contributed by atoms with Gasteiger partial charge in [0.2, 0.25) is 0 Å². The first-order valence-corrected chi connectivity index (χ1v) is 6.07. The van der Waals surface area contributed by atoms with E-state index in [1.807, 2.05) is 30.3 Å². The smallest absolute Gasteiger partial charge is 0.356 e. The maximum atomic E-state index is 10.7. The summed E-state index contributed by atoms with van der Waals surface area (Å²) in [5.74, 6) is -0.505. The van der Waals surface area contributed by atoms with Gasteiger partial charge in [-0.2, -0.15) is 0 Å². The number of nitrogens with one attached hydrogen (secondary N) is 1. The summed E-state index contributed by atoms with van der Waals surface area (Å²) in [6.07, 6.45) is 3.59. The number of carboxylic acids is 1. The van der Waals surface area contributed by atoms with Crippen molar-refractivity contribution in [2.24, 2.45) is 0 Å². The van der Waals surface area contributed by atoms with Crippen LogP contribution in [-0.4, -0.2) is 21.0 Å². The number of nitrogens with zero attached hydrogens (tertiary/aromatic N) is 2. The molecule has 1 atom stereocenters. The van der Waals surface area contributed by atoms with Crippen molar-refractivity contribution in [3.05, 3.63) is 54.0 Å². The molecule has 98 valence electrons. The van der Waals surface area contributed by atoms with E-state index in [1.165, 1.54) is 12.4 Å². The molecule has 1 unspecified atom stereocenters. The number of benzene rings is 1. The number of aromatic carboxylic acids is 1.